The van der Waals surface area contributed by atoms with Crippen LogP contribution in [0.1, 0.15) is 73.6 Å². The molecule has 0 bridgehead atoms. The number of fused-ring (bicyclic) bond motifs is 4. The molecule has 0 aliphatic rings. The van der Waals surface area contributed by atoms with E-state index in [0.717, 1.165) is 65.3 Å². The Morgan fingerprint density at radius 1 is 0.372 bits per heavy atom. The van der Waals surface area contributed by atoms with Gasteiger partial charge in [0.1, 0.15) is 32.8 Å². The maximum atomic E-state index is 13.7. The molecule has 0 N–H and O–H groups in total. The zero-order chi connectivity index (χ0) is 59.9. The van der Waals surface area contributed by atoms with Gasteiger partial charge in [0.25, 0.3) is 0 Å². The van der Waals surface area contributed by atoms with Gasteiger partial charge < -0.3 is 33.3 Å². The van der Waals surface area contributed by atoms with E-state index in [1.165, 1.54) is 28.2 Å². The SMILES string of the molecule is O=C(CCc1ccc2ccccc2c1)OCC(COC(=O)CCc1ccc2ccccc2c1)OC(=O)CCCN(CCCC(=O)OC(COC(=O)CCc1ccc2ccccc2c1)COC(=O)CCc1ccc2ccccc2c1)C(=O)n1ccnc1. The highest BCUT2D eigenvalue weighted by Crippen LogP contribution is 2.22. The average Bonchev–Trinajstić information content (AvgIpc) is 4.25. The lowest BCUT2D eigenvalue weighted by Gasteiger charge is -2.23. The van der Waals surface area contributed by atoms with Gasteiger partial charge in [-0.05, 0) is 104 Å². The van der Waals surface area contributed by atoms with Gasteiger partial charge in [-0.25, -0.2) is 9.78 Å². The Balaban J connectivity index is 0.767. The number of rotatable bonds is 30. The van der Waals surface area contributed by atoms with Crippen molar-refractivity contribution in [3.8, 4) is 0 Å². The minimum Gasteiger partial charge on any atom is -0.462 e. The van der Waals surface area contributed by atoms with Crippen LogP contribution in [0.5, 0.6) is 0 Å². The molecule has 0 spiro atoms. The average molecular weight is 1160 g/mol. The highest BCUT2D eigenvalue weighted by molar-refractivity contribution is 5.86. The number of imidazole rings is 1. The summed E-state index contributed by atoms with van der Waals surface area (Å²) >= 11 is 0. The molecule has 16 heteroatoms. The lowest BCUT2D eigenvalue weighted by molar-refractivity contribution is -0.167. The van der Waals surface area contributed by atoms with Crippen molar-refractivity contribution in [3.05, 3.63) is 211 Å². The van der Waals surface area contributed by atoms with E-state index in [0.29, 0.717) is 25.7 Å². The molecule has 1 aromatic heterocycles. The highest BCUT2D eigenvalue weighted by Gasteiger charge is 2.24. The summed E-state index contributed by atoms with van der Waals surface area (Å²) in [6, 6.07) is 55.2. The van der Waals surface area contributed by atoms with Crippen molar-refractivity contribution in [1.29, 1.82) is 0 Å². The summed E-state index contributed by atoms with van der Waals surface area (Å²) in [6.07, 6.45) is 3.91. The van der Waals surface area contributed by atoms with Crippen LogP contribution in [0.4, 0.5) is 4.79 Å². The second-order valence-electron chi connectivity index (χ2n) is 21.1. The topological polar surface area (TPSA) is 196 Å². The Morgan fingerprint density at radius 3 is 0.965 bits per heavy atom. The fourth-order valence-electron chi connectivity index (χ4n) is 9.98. The number of hydrogen-bond donors (Lipinski definition) is 0. The first-order valence-electron chi connectivity index (χ1n) is 29.2. The molecule has 8 aromatic carbocycles. The number of carbonyl (C=O) groups is 7. The summed E-state index contributed by atoms with van der Waals surface area (Å²) in [6.45, 7) is -1.30. The van der Waals surface area contributed by atoms with Crippen molar-refractivity contribution in [3.63, 3.8) is 0 Å². The van der Waals surface area contributed by atoms with E-state index < -0.39 is 54.1 Å². The summed E-state index contributed by atoms with van der Waals surface area (Å²) in [4.78, 5) is 98.4. The van der Waals surface area contributed by atoms with Crippen molar-refractivity contribution in [1.82, 2.24) is 14.5 Å². The van der Waals surface area contributed by atoms with Gasteiger partial charge in [-0.1, -0.05) is 170 Å². The first kappa shape index (κ1) is 60.9. The van der Waals surface area contributed by atoms with E-state index in [1.807, 2.05) is 170 Å². The lowest BCUT2D eigenvalue weighted by Crippen LogP contribution is -2.37. The molecule has 442 valence electrons. The molecule has 0 aliphatic carbocycles. The number of esters is 6. The largest absolute Gasteiger partial charge is 0.462 e. The second-order valence-corrected chi connectivity index (χ2v) is 21.1. The molecule has 1 heterocycles. The number of hydrogen-bond acceptors (Lipinski definition) is 14. The lowest BCUT2D eigenvalue weighted by atomic mass is 10.0. The second kappa shape index (κ2) is 31.3. The van der Waals surface area contributed by atoms with Crippen molar-refractivity contribution < 1.29 is 62.0 Å². The third kappa shape index (κ3) is 18.9. The Bertz CT molecular complexity index is 3370. The highest BCUT2D eigenvalue weighted by atomic mass is 16.6. The molecule has 1 amide bonds. The molecule has 0 radical (unpaired) electrons. The van der Waals surface area contributed by atoms with Crippen LogP contribution < -0.4 is 0 Å². The maximum Gasteiger partial charge on any atom is 0.329 e. The normalized spacial score (nSPS) is 11.2. The molecule has 86 heavy (non-hydrogen) atoms. The predicted molar refractivity (Wildman–Crippen MR) is 326 cm³/mol. The summed E-state index contributed by atoms with van der Waals surface area (Å²) in [5.74, 6) is -3.43. The number of amides is 1. The van der Waals surface area contributed by atoms with Crippen LogP contribution in [0.25, 0.3) is 43.1 Å². The number of ether oxygens (including phenoxy) is 6. The van der Waals surface area contributed by atoms with Gasteiger partial charge in [0.15, 0.2) is 12.2 Å². The van der Waals surface area contributed by atoms with Crippen LogP contribution in [0.2, 0.25) is 0 Å². The van der Waals surface area contributed by atoms with Crippen LogP contribution in [0.15, 0.2) is 189 Å². The quantitative estimate of drug-likeness (QED) is 0.0304. The fourth-order valence-corrected chi connectivity index (χ4v) is 9.98. The van der Waals surface area contributed by atoms with Crippen molar-refractivity contribution in [2.75, 3.05) is 39.5 Å². The standard InChI is InChI=1S/C70H69N3O13/c74-64(33-25-50-21-29-54-11-1-5-15-58(54)41-50)81-45-62(46-82-65(75)34-26-51-22-30-55-12-2-6-16-59(55)42-51)85-68(78)19-9-38-72(70(80)73-40-37-71-49-73)39-10-20-69(79)86-63(47-83-66(76)35-27-52-23-31-56-13-3-7-17-60(56)43-52)48-84-67(77)36-28-53-24-32-57-14-4-8-18-61(57)44-53/h1-8,11-18,21-24,29-32,37,40-44,49,62-63H,9-10,19-20,25-28,33-36,38-39,45-48H2. The van der Waals surface area contributed by atoms with Crippen LogP contribution in [0, 0.1) is 0 Å². The van der Waals surface area contributed by atoms with Gasteiger partial charge in [0, 0.05) is 64.0 Å². The van der Waals surface area contributed by atoms with Crippen LogP contribution >= 0.6 is 0 Å². The Morgan fingerprint density at radius 2 is 0.674 bits per heavy atom. The summed E-state index contributed by atoms with van der Waals surface area (Å²) < 4.78 is 35.2. The van der Waals surface area contributed by atoms with Gasteiger partial charge in [-0.3, -0.25) is 33.3 Å². The summed E-state index contributed by atoms with van der Waals surface area (Å²) in [7, 11) is 0. The van der Waals surface area contributed by atoms with Gasteiger partial charge in [0.2, 0.25) is 0 Å². The number of aryl methyl sites for hydroxylation is 4. The minimum absolute atomic E-state index is 0.0618. The molecule has 9 rings (SSSR count). The monoisotopic (exact) mass is 1160 g/mol. The van der Waals surface area contributed by atoms with E-state index in [-0.39, 0.29) is 90.9 Å². The first-order chi connectivity index (χ1) is 42.0. The van der Waals surface area contributed by atoms with E-state index >= 15 is 0 Å². The molecular weight excluding hydrogens is 1090 g/mol. The van der Waals surface area contributed by atoms with E-state index in [2.05, 4.69) is 4.98 Å². The van der Waals surface area contributed by atoms with Crippen molar-refractivity contribution >= 4 is 84.9 Å². The van der Waals surface area contributed by atoms with Gasteiger partial charge >= 0.3 is 41.8 Å². The number of aromatic nitrogens is 2. The molecular formula is C70H69N3O13. The summed E-state index contributed by atoms with van der Waals surface area (Å²) in [5, 5.41) is 8.54. The number of carbonyl (C=O) groups excluding carboxylic acids is 7. The number of nitrogens with zero attached hydrogens (tertiary/aromatic N) is 3. The zero-order valence-corrected chi connectivity index (χ0v) is 47.9. The van der Waals surface area contributed by atoms with E-state index in [9.17, 15) is 33.6 Å². The predicted octanol–water partition coefficient (Wildman–Crippen LogP) is 11.9. The molecule has 16 nitrogen and oxygen atoms in total. The fraction of sp³-hybridized carbons (Fsp3) is 0.286. The first-order valence-corrected chi connectivity index (χ1v) is 29.2. The Hall–Kier alpha value is -9.70. The smallest absolute Gasteiger partial charge is 0.329 e. The summed E-state index contributed by atoms with van der Waals surface area (Å²) in [5.41, 5.74) is 3.82. The molecule has 0 unspecified atom stereocenters. The number of benzene rings is 8. The van der Waals surface area contributed by atoms with Crippen LogP contribution in [-0.2, 0) is 82.9 Å². The van der Waals surface area contributed by atoms with Crippen LogP contribution in [-0.4, -0.2) is 108 Å². The van der Waals surface area contributed by atoms with Gasteiger partial charge in [-0.15, -0.1) is 0 Å². The van der Waals surface area contributed by atoms with Crippen molar-refractivity contribution in [2.45, 2.75) is 89.3 Å². The van der Waals surface area contributed by atoms with Gasteiger partial charge in [0.05, 0.1) is 0 Å². The van der Waals surface area contributed by atoms with E-state index in [4.69, 9.17) is 28.4 Å². The minimum atomic E-state index is -1.12. The molecule has 0 fully saturated rings. The Labute approximate surface area is 498 Å². The van der Waals surface area contributed by atoms with Crippen LogP contribution in [0.3, 0.4) is 0 Å². The molecule has 0 atom stereocenters. The third-order valence-electron chi connectivity index (χ3n) is 14.7. The van der Waals surface area contributed by atoms with E-state index in [1.54, 1.807) is 0 Å². The Kier molecular flexibility index (Phi) is 22.1. The maximum absolute atomic E-state index is 13.7. The molecule has 9 aromatic rings. The third-order valence-corrected chi connectivity index (χ3v) is 14.7. The molecule has 0 saturated carbocycles. The zero-order valence-electron chi connectivity index (χ0n) is 47.9. The molecule has 0 saturated heterocycles. The molecule has 0 aliphatic heterocycles. The van der Waals surface area contributed by atoms with Gasteiger partial charge in [-0.2, -0.15) is 0 Å². The van der Waals surface area contributed by atoms with Crippen molar-refractivity contribution in [2.24, 2.45) is 0 Å².